The van der Waals surface area contributed by atoms with Crippen LogP contribution in [0.3, 0.4) is 0 Å². The summed E-state index contributed by atoms with van der Waals surface area (Å²) in [6.07, 6.45) is 8.81. The van der Waals surface area contributed by atoms with E-state index in [1.165, 1.54) is 11.0 Å². The van der Waals surface area contributed by atoms with Crippen LogP contribution in [-0.2, 0) is 0 Å². The Morgan fingerprint density at radius 2 is 2.21 bits per heavy atom. The van der Waals surface area contributed by atoms with Gasteiger partial charge in [-0.15, -0.1) is 0 Å². The molecule has 7 heteroatoms. The molecule has 5 nitrogen and oxygen atoms in total. The maximum Gasteiger partial charge on any atom is 0.256 e. The van der Waals surface area contributed by atoms with Crippen LogP contribution in [0.15, 0.2) is 42.7 Å². The number of hydrogen-bond acceptors (Lipinski definition) is 4. The summed E-state index contributed by atoms with van der Waals surface area (Å²) in [5, 5.41) is 3.18. The number of ether oxygens (including phenoxy) is 1. The standard InChI is InChI=1S/C22H25F2N3O2/c1-15(25-2)4-3-5-16-10-19(13-26-12-16)29-18-8-9-27(14-18)22(28)20-7-6-17(23)11-21(20)24/h3,5-7,10-13,15,18,25H,4,8-9,14H2,1-2H3/b5-3+/t15-,18+/m0/s1. The molecule has 1 aromatic heterocycles. The molecule has 1 aromatic carbocycles. The van der Waals surface area contributed by atoms with Crippen LogP contribution in [0, 0.1) is 11.6 Å². The minimum Gasteiger partial charge on any atom is -0.487 e. The Bertz CT molecular complexity index is 888. The third kappa shape index (κ3) is 5.60. The summed E-state index contributed by atoms with van der Waals surface area (Å²) in [6, 6.07) is 5.28. The number of carbonyl (C=O) groups excluding carboxylic acids is 1. The number of amides is 1. The minimum absolute atomic E-state index is 0.128. The van der Waals surface area contributed by atoms with E-state index in [4.69, 9.17) is 4.74 Å². The number of benzene rings is 1. The van der Waals surface area contributed by atoms with Crippen molar-refractivity contribution in [2.45, 2.75) is 31.9 Å². The van der Waals surface area contributed by atoms with E-state index in [-0.39, 0.29) is 11.7 Å². The molecule has 1 amide bonds. The molecule has 0 unspecified atom stereocenters. The van der Waals surface area contributed by atoms with Gasteiger partial charge in [0.25, 0.3) is 5.91 Å². The highest BCUT2D eigenvalue weighted by Crippen LogP contribution is 2.22. The number of likely N-dealkylation sites (tertiary alicyclic amines) is 1. The highest BCUT2D eigenvalue weighted by atomic mass is 19.1. The number of rotatable bonds is 7. The van der Waals surface area contributed by atoms with Gasteiger partial charge >= 0.3 is 0 Å². The third-order valence-electron chi connectivity index (χ3n) is 4.92. The van der Waals surface area contributed by atoms with E-state index in [0.29, 0.717) is 31.3 Å². The molecule has 1 N–H and O–H groups in total. The van der Waals surface area contributed by atoms with Crippen molar-refractivity contribution < 1.29 is 18.3 Å². The molecule has 2 heterocycles. The number of nitrogens with one attached hydrogen (secondary N) is 1. The van der Waals surface area contributed by atoms with E-state index < -0.39 is 17.5 Å². The SMILES string of the molecule is CN[C@@H](C)C/C=C/c1cncc(O[C@@H]2CCN(C(=O)c3ccc(F)cc3F)C2)c1. The summed E-state index contributed by atoms with van der Waals surface area (Å²) in [5.74, 6) is -1.39. The van der Waals surface area contributed by atoms with Crippen LogP contribution in [-0.4, -0.2) is 48.1 Å². The molecule has 29 heavy (non-hydrogen) atoms. The van der Waals surface area contributed by atoms with Crippen molar-refractivity contribution in [3.05, 3.63) is 65.5 Å². The van der Waals surface area contributed by atoms with Gasteiger partial charge in [0.05, 0.1) is 18.3 Å². The molecule has 0 spiro atoms. The Morgan fingerprint density at radius 1 is 1.38 bits per heavy atom. The number of carbonyl (C=O) groups is 1. The van der Waals surface area contributed by atoms with E-state index in [9.17, 15) is 13.6 Å². The van der Waals surface area contributed by atoms with Gasteiger partial charge in [0.15, 0.2) is 0 Å². The van der Waals surface area contributed by atoms with E-state index in [2.05, 4.69) is 23.3 Å². The van der Waals surface area contributed by atoms with Crippen molar-refractivity contribution in [2.75, 3.05) is 20.1 Å². The quantitative estimate of drug-likeness (QED) is 0.769. The molecule has 1 aliphatic rings. The highest BCUT2D eigenvalue weighted by molar-refractivity contribution is 5.94. The predicted molar refractivity (Wildman–Crippen MR) is 108 cm³/mol. The number of pyridine rings is 1. The van der Waals surface area contributed by atoms with Gasteiger partial charge in [0.1, 0.15) is 23.5 Å². The van der Waals surface area contributed by atoms with Crippen LogP contribution in [0.25, 0.3) is 6.08 Å². The lowest BCUT2D eigenvalue weighted by Crippen LogP contribution is -2.31. The average Bonchev–Trinajstić information content (AvgIpc) is 3.16. The monoisotopic (exact) mass is 401 g/mol. The Balaban J connectivity index is 1.58. The fourth-order valence-electron chi connectivity index (χ4n) is 3.15. The van der Waals surface area contributed by atoms with Crippen molar-refractivity contribution >= 4 is 12.0 Å². The first-order valence-corrected chi connectivity index (χ1v) is 9.66. The molecule has 0 aliphatic carbocycles. The van der Waals surface area contributed by atoms with Crippen LogP contribution in [0.1, 0.15) is 35.7 Å². The van der Waals surface area contributed by atoms with Crippen molar-refractivity contribution in [3.8, 4) is 5.75 Å². The number of hydrogen-bond donors (Lipinski definition) is 1. The molecule has 0 radical (unpaired) electrons. The molecular formula is C22H25F2N3O2. The second-order valence-corrected chi connectivity index (χ2v) is 7.19. The maximum atomic E-state index is 13.9. The number of aromatic nitrogens is 1. The lowest BCUT2D eigenvalue weighted by molar-refractivity contribution is 0.0767. The normalized spacial score (nSPS) is 17.7. The first-order valence-electron chi connectivity index (χ1n) is 9.66. The van der Waals surface area contributed by atoms with Gasteiger partial charge in [0.2, 0.25) is 0 Å². The second kappa shape index (κ2) is 9.60. The van der Waals surface area contributed by atoms with E-state index in [0.717, 1.165) is 24.1 Å². The Morgan fingerprint density at radius 3 is 2.97 bits per heavy atom. The predicted octanol–water partition coefficient (Wildman–Crippen LogP) is 3.66. The molecular weight excluding hydrogens is 376 g/mol. The molecule has 154 valence electrons. The second-order valence-electron chi connectivity index (χ2n) is 7.19. The third-order valence-corrected chi connectivity index (χ3v) is 4.92. The Labute approximate surface area is 169 Å². The van der Waals surface area contributed by atoms with Gasteiger partial charge in [-0.3, -0.25) is 9.78 Å². The van der Waals surface area contributed by atoms with Crippen LogP contribution in [0.4, 0.5) is 8.78 Å². The van der Waals surface area contributed by atoms with Gasteiger partial charge in [-0.25, -0.2) is 8.78 Å². The largest absolute Gasteiger partial charge is 0.487 e. The zero-order valence-electron chi connectivity index (χ0n) is 16.6. The van der Waals surface area contributed by atoms with Gasteiger partial charge in [-0.2, -0.15) is 0 Å². The lowest BCUT2D eigenvalue weighted by atomic mass is 10.2. The van der Waals surface area contributed by atoms with Crippen LogP contribution in [0.5, 0.6) is 5.75 Å². The molecule has 0 bridgehead atoms. The van der Waals surface area contributed by atoms with Gasteiger partial charge in [-0.05, 0) is 44.2 Å². The fraction of sp³-hybridized carbons (Fsp3) is 0.364. The zero-order valence-corrected chi connectivity index (χ0v) is 16.6. The summed E-state index contributed by atoms with van der Waals surface area (Å²) in [7, 11) is 1.93. The van der Waals surface area contributed by atoms with Crippen molar-refractivity contribution in [1.82, 2.24) is 15.2 Å². The summed E-state index contributed by atoms with van der Waals surface area (Å²) in [5.41, 5.74) is 0.807. The summed E-state index contributed by atoms with van der Waals surface area (Å²) in [6.45, 7) is 2.90. The van der Waals surface area contributed by atoms with Crippen molar-refractivity contribution in [3.63, 3.8) is 0 Å². The summed E-state index contributed by atoms with van der Waals surface area (Å²) >= 11 is 0. The van der Waals surface area contributed by atoms with E-state index >= 15 is 0 Å². The van der Waals surface area contributed by atoms with Crippen molar-refractivity contribution in [1.29, 1.82) is 0 Å². The van der Waals surface area contributed by atoms with Crippen LogP contribution >= 0.6 is 0 Å². The molecule has 1 saturated heterocycles. The zero-order chi connectivity index (χ0) is 20.8. The molecule has 1 aliphatic heterocycles. The number of nitrogens with zero attached hydrogens (tertiary/aromatic N) is 2. The summed E-state index contributed by atoms with van der Waals surface area (Å²) < 4.78 is 32.9. The van der Waals surface area contributed by atoms with Crippen molar-refractivity contribution in [2.24, 2.45) is 0 Å². The minimum atomic E-state index is -0.851. The fourth-order valence-corrected chi connectivity index (χ4v) is 3.15. The van der Waals surface area contributed by atoms with Gasteiger partial charge in [-0.1, -0.05) is 12.2 Å². The first kappa shape index (κ1) is 20.9. The molecule has 3 rings (SSSR count). The smallest absolute Gasteiger partial charge is 0.256 e. The Kier molecular flexibility index (Phi) is 6.93. The van der Waals surface area contributed by atoms with E-state index in [1.54, 1.807) is 12.4 Å². The summed E-state index contributed by atoms with van der Waals surface area (Å²) in [4.78, 5) is 18.2. The number of halogens is 2. The van der Waals surface area contributed by atoms with E-state index in [1.807, 2.05) is 19.2 Å². The molecule has 2 atom stereocenters. The topological polar surface area (TPSA) is 54.5 Å². The van der Waals surface area contributed by atoms with Crippen LogP contribution < -0.4 is 10.1 Å². The Hall–Kier alpha value is -2.80. The maximum absolute atomic E-state index is 13.9. The molecule has 2 aromatic rings. The highest BCUT2D eigenvalue weighted by Gasteiger charge is 2.29. The van der Waals surface area contributed by atoms with Crippen LogP contribution in [0.2, 0.25) is 0 Å². The molecule has 0 saturated carbocycles. The van der Waals surface area contributed by atoms with Gasteiger partial charge in [0, 0.05) is 31.3 Å². The van der Waals surface area contributed by atoms with Gasteiger partial charge < -0.3 is 15.0 Å². The molecule has 1 fully saturated rings. The average molecular weight is 401 g/mol. The lowest BCUT2D eigenvalue weighted by Gasteiger charge is -2.17. The first-order chi connectivity index (χ1) is 14.0.